The third kappa shape index (κ3) is 1.70. The first-order valence-electron chi connectivity index (χ1n) is 4.10. The molecule has 0 aliphatic carbocycles. The minimum absolute atomic E-state index is 0.685. The molecule has 2 nitrogen and oxygen atoms in total. The Hall–Kier alpha value is -0.0800. The Balaban J connectivity index is 2.29. The molecule has 0 unspecified atom stereocenters. The van der Waals surface area contributed by atoms with Crippen molar-refractivity contribution in [2.24, 2.45) is 5.92 Å². The Labute approximate surface area is 63.6 Å². The van der Waals surface area contributed by atoms with E-state index in [9.17, 15) is 0 Å². The van der Waals surface area contributed by atoms with Crippen LogP contribution in [0.3, 0.4) is 0 Å². The van der Waals surface area contributed by atoms with E-state index < -0.39 is 0 Å². The summed E-state index contributed by atoms with van der Waals surface area (Å²) in [4.78, 5) is 2.40. The van der Waals surface area contributed by atoms with Gasteiger partial charge in [0, 0.05) is 12.6 Å². The quantitative estimate of drug-likeness (QED) is 0.605. The second-order valence-corrected chi connectivity index (χ2v) is 3.39. The molecule has 0 amide bonds. The van der Waals surface area contributed by atoms with Crippen molar-refractivity contribution in [3.8, 4) is 0 Å². The maximum atomic E-state index is 3.30. The van der Waals surface area contributed by atoms with Gasteiger partial charge in [-0.15, -0.1) is 0 Å². The fraction of sp³-hybridized carbons (Fsp3) is 1.00. The zero-order chi connectivity index (χ0) is 7.56. The molecule has 0 aromatic heterocycles. The molecule has 1 aliphatic rings. The molecule has 1 heterocycles. The third-order valence-corrected chi connectivity index (χ3v) is 2.59. The molecular weight excluding hydrogens is 124 g/mol. The highest BCUT2D eigenvalue weighted by atomic mass is 15.1. The van der Waals surface area contributed by atoms with Crippen LogP contribution in [-0.4, -0.2) is 38.1 Å². The molecule has 0 spiro atoms. The maximum absolute atomic E-state index is 3.30. The summed E-state index contributed by atoms with van der Waals surface area (Å²) in [5.74, 6) is 0.870. The molecule has 60 valence electrons. The first-order valence-corrected chi connectivity index (χ1v) is 4.10. The summed E-state index contributed by atoms with van der Waals surface area (Å²) in [7, 11) is 4.24. The predicted octanol–water partition coefficient (Wildman–Crippen LogP) is 0.546. The fourth-order valence-electron chi connectivity index (χ4n) is 1.61. The Bertz CT molecular complexity index is 103. The zero-order valence-corrected chi connectivity index (χ0v) is 7.22. The molecule has 2 heteroatoms. The van der Waals surface area contributed by atoms with E-state index in [2.05, 4.69) is 24.2 Å². The van der Waals surface area contributed by atoms with E-state index in [0.717, 1.165) is 5.92 Å². The van der Waals surface area contributed by atoms with Crippen LogP contribution < -0.4 is 5.32 Å². The molecule has 1 fully saturated rings. The van der Waals surface area contributed by atoms with Crippen molar-refractivity contribution >= 4 is 0 Å². The van der Waals surface area contributed by atoms with E-state index in [1.807, 2.05) is 7.05 Å². The van der Waals surface area contributed by atoms with Gasteiger partial charge >= 0.3 is 0 Å². The second-order valence-electron chi connectivity index (χ2n) is 3.39. The summed E-state index contributed by atoms with van der Waals surface area (Å²) in [6, 6.07) is 0.685. The monoisotopic (exact) mass is 142 g/mol. The highest BCUT2D eigenvalue weighted by molar-refractivity contribution is 4.79. The van der Waals surface area contributed by atoms with Crippen LogP contribution in [0.4, 0.5) is 0 Å². The summed E-state index contributed by atoms with van der Waals surface area (Å²) in [6.07, 6.45) is 1.36. The van der Waals surface area contributed by atoms with Crippen molar-refractivity contribution in [2.75, 3.05) is 27.2 Å². The second kappa shape index (κ2) is 3.35. The summed E-state index contributed by atoms with van der Waals surface area (Å²) in [6.45, 7) is 4.81. The van der Waals surface area contributed by atoms with Gasteiger partial charge in [-0.2, -0.15) is 0 Å². The fourth-order valence-corrected chi connectivity index (χ4v) is 1.61. The van der Waals surface area contributed by atoms with E-state index in [-0.39, 0.29) is 0 Å². The smallest absolute Gasteiger partial charge is 0.00766 e. The molecule has 10 heavy (non-hydrogen) atoms. The van der Waals surface area contributed by atoms with Gasteiger partial charge in [-0.1, -0.05) is 0 Å². The van der Waals surface area contributed by atoms with Crippen LogP contribution in [0.15, 0.2) is 0 Å². The predicted molar refractivity (Wildman–Crippen MR) is 44.1 cm³/mol. The SMILES string of the molecule is CN[C@@H](C)[C@@H]1CCN(C)C1. The molecule has 1 saturated heterocycles. The topological polar surface area (TPSA) is 15.3 Å². The summed E-state index contributed by atoms with van der Waals surface area (Å²) in [5.41, 5.74) is 0. The van der Waals surface area contributed by atoms with Gasteiger partial charge in [-0.05, 0) is 39.9 Å². The first-order chi connectivity index (χ1) is 4.74. The molecule has 1 rings (SSSR count). The van der Waals surface area contributed by atoms with Gasteiger partial charge in [0.1, 0.15) is 0 Å². The van der Waals surface area contributed by atoms with Crippen LogP contribution in [0.2, 0.25) is 0 Å². The largest absolute Gasteiger partial charge is 0.317 e. The van der Waals surface area contributed by atoms with Gasteiger partial charge in [-0.25, -0.2) is 0 Å². The number of hydrogen-bond donors (Lipinski definition) is 1. The summed E-state index contributed by atoms with van der Waals surface area (Å²) in [5, 5.41) is 3.30. The van der Waals surface area contributed by atoms with Crippen LogP contribution >= 0.6 is 0 Å². The van der Waals surface area contributed by atoms with Crippen LogP contribution in [0.25, 0.3) is 0 Å². The lowest BCUT2D eigenvalue weighted by molar-refractivity contribution is 0.358. The first kappa shape index (κ1) is 8.02. The van der Waals surface area contributed by atoms with Gasteiger partial charge in [0.15, 0.2) is 0 Å². The van der Waals surface area contributed by atoms with E-state index in [0.29, 0.717) is 6.04 Å². The average Bonchev–Trinajstić information content (AvgIpc) is 2.34. The average molecular weight is 142 g/mol. The highest BCUT2D eigenvalue weighted by Gasteiger charge is 2.23. The molecule has 0 saturated carbocycles. The van der Waals surface area contributed by atoms with Gasteiger partial charge in [0.2, 0.25) is 0 Å². The Morgan fingerprint density at radius 1 is 1.60 bits per heavy atom. The van der Waals surface area contributed by atoms with E-state index >= 15 is 0 Å². The zero-order valence-electron chi connectivity index (χ0n) is 7.22. The lowest BCUT2D eigenvalue weighted by Crippen LogP contribution is -2.31. The molecule has 1 aliphatic heterocycles. The number of likely N-dealkylation sites (tertiary alicyclic amines) is 1. The molecule has 0 aromatic rings. The molecule has 0 radical (unpaired) electrons. The lowest BCUT2D eigenvalue weighted by Gasteiger charge is -2.17. The number of nitrogens with one attached hydrogen (secondary N) is 1. The number of rotatable bonds is 2. The Kier molecular flexibility index (Phi) is 2.69. The lowest BCUT2D eigenvalue weighted by atomic mass is 10.0. The van der Waals surface area contributed by atoms with Crippen molar-refractivity contribution in [1.82, 2.24) is 10.2 Å². The Morgan fingerprint density at radius 2 is 2.30 bits per heavy atom. The molecule has 1 N–H and O–H groups in total. The van der Waals surface area contributed by atoms with E-state index in [1.165, 1.54) is 19.5 Å². The van der Waals surface area contributed by atoms with Crippen molar-refractivity contribution in [2.45, 2.75) is 19.4 Å². The minimum Gasteiger partial charge on any atom is -0.317 e. The van der Waals surface area contributed by atoms with Gasteiger partial charge in [0.05, 0.1) is 0 Å². The van der Waals surface area contributed by atoms with Crippen molar-refractivity contribution in [3.05, 3.63) is 0 Å². The van der Waals surface area contributed by atoms with Crippen LogP contribution in [0, 0.1) is 5.92 Å². The highest BCUT2D eigenvalue weighted by Crippen LogP contribution is 2.17. The molecule has 0 bridgehead atoms. The van der Waals surface area contributed by atoms with Crippen LogP contribution in [-0.2, 0) is 0 Å². The van der Waals surface area contributed by atoms with Crippen molar-refractivity contribution in [1.29, 1.82) is 0 Å². The van der Waals surface area contributed by atoms with Gasteiger partial charge < -0.3 is 10.2 Å². The number of nitrogens with zero attached hydrogens (tertiary/aromatic N) is 1. The van der Waals surface area contributed by atoms with Crippen LogP contribution in [0.1, 0.15) is 13.3 Å². The molecule has 2 atom stereocenters. The number of hydrogen-bond acceptors (Lipinski definition) is 2. The van der Waals surface area contributed by atoms with Crippen molar-refractivity contribution < 1.29 is 0 Å². The summed E-state index contributed by atoms with van der Waals surface area (Å²) < 4.78 is 0. The molecule has 0 aromatic carbocycles. The van der Waals surface area contributed by atoms with Crippen molar-refractivity contribution in [3.63, 3.8) is 0 Å². The normalized spacial score (nSPS) is 30.9. The minimum atomic E-state index is 0.685. The van der Waals surface area contributed by atoms with Gasteiger partial charge in [0.25, 0.3) is 0 Å². The standard InChI is InChI=1S/C8H18N2/c1-7(9-2)8-4-5-10(3)6-8/h7-9H,4-6H2,1-3H3/t7-,8+/m0/s1. The van der Waals surface area contributed by atoms with E-state index in [1.54, 1.807) is 0 Å². The van der Waals surface area contributed by atoms with Crippen LogP contribution in [0.5, 0.6) is 0 Å². The van der Waals surface area contributed by atoms with Gasteiger partial charge in [-0.3, -0.25) is 0 Å². The van der Waals surface area contributed by atoms with E-state index in [4.69, 9.17) is 0 Å². The Morgan fingerprint density at radius 3 is 2.70 bits per heavy atom. The third-order valence-electron chi connectivity index (χ3n) is 2.59. The molecular formula is C8H18N2. The summed E-state index contributed by atoms with van der Waals surface area (Å²) >= 11 is 0. The maximum Gasteiger partial charge on any atom is 0.00766 e.